The van der Waals surface area contributed by atoms with Crippen LogP contribution in [-0.4, -0.2) is 11.6 Å². The van der Waals surface area contributed by atoms with Crippen LogP contribution >= 0.6 is 23.2 Å². The van der Waals surface area contributed by atoms with Crippen molar-refractivity contribution in [3.63, 3.8) is 0 Å². The summed E-state index contributed by atoms with van der Waals surface area (Å²) in [5, 5.41) is 4.72. The number of amides is 1. The van der Waals surface area contributed by atoms with Crippen LogP contribution < -0.4 is 5.43 Å². The molecule has 0 atom stereocenters. The minimum Gasteiger partial charge on any atom is -0.267 e. The molecule has 0 aliphatic rings. The SMILES string of the molecule is CC/C(C)=N\NC(=O)c1cc(Cl)ccc1Cl. The topological polar surface area (TPSA) is 41.5 Å². The van der Waals surface area contributed by atoms with Crippen molar-refractivity contribution in [2.75, 3.05) is 0 Å². The summed E-state index contributed by atoms with van der Waals surface area (Å²) in [4.78, 5) is 11.7. The van der Waals surface area contributed by atoms with Crippen LogP contribution in [0.5, 0.6) is 0 Å². The fourth-order valence-corrected chi connectivity index (χ4v) is 1.33. The molecule has 0 fully saturated rings. The number of nitrogens with zero attached hydrogens (tertiary/aromatic N) is 1. The summed E-state index contributed by atoms with van der Waals surface area (Å²) in [5.41, 5.74) is 3.58. The second-order valence-corrected chi connectivity index (χ2v) is 4.11. The first-order valence-electron chi connectivity index (χ1n) is 4.83. The van der Waals surface area contributed by atoms with Gasteiger partial charge in [-0.05, 0) is 31.5 Å². The third-order valence-corrected chi connectivity index (χ3v) is 2.60. The van der Waals surface area contributed by atoms with E-state index >= 15 is 0 Å². The standard InChI is InChI=1S/C11H12Cl2N2O/c1-3-7(2)14-15-11(16)9-6-8(12)4-5-10(9)13/h4-6H,3H2,1-2H3,(H,15,16)/b14-7-. The number of carbonyl (C=O) groups is 1. The summed E-state index contributed by atoms with van der Waals surface area (Å²) < 4.78 is 0. The summed E-state index contributed by atoms with van der Waals surface area (Å²) in [6, 6.07) is 4.71. The van der Waals surface area contributed by atoms with E-state index in [1.54, 1.807) is 12.1 Å². The normalized spacial score (nSPS) is 11.4. The molecule has 1 N–H and O–H groups in total. The van der Waals surface area contributed by atoms with Gasteiger partial charge in [0.05, 0.1) is 10.6 Å². The zero-order valence-corrected chi connectivity index (χ0v) is 10.6. The van der Waals surface area contributed by atoms with Gasteiger partial charge in [-0.1, -0.05) is 30.1 Å². The smallest absolute Gasteiger partial charge is 0.267 e. The van der Waals surface area contributed by atoms with Gasteiger partial charge >= 0.3 is 0 Å². The number of hydrazone groups is 1. The fourth-order valence-electron chi connectivity index (χ4n) is 0.957. The minimum atomic E-state index is -0.361. The van der Waals surface area contributed by atoms with E-state index in [1.165, 1.54) is 6.07 Å². The summed E-state index contributed by atoms with van der Waals surface area (Å²) in [7, 11) is 0. The van der Waals surface area contributed by atoms with Crippen molar-refractivity contribution >= 4 is 34.8 Å². The Hall–Kier alpha value is -1.06. The van der Waals surface area contributed by atoms with Crippen molar-refractivity contribution in [3.8, 4) is 0 Å². The van der Waals surface area contributed by atoms with Gasteiger partial charge in [0.15, 0.2) is 0 Å². The second-order valence-electron chi connectivity index (χ2n) is 3.27. The number of nitrogens with one attached hydrogen (secondary N) is 1. The lowest BCUT2D eigenvalue weighted by atomic mass is 10.2. The maximum absolute atomic E-state index is 11.7. The van der Waals surface area contributed by atoms with Crippen LogP contribution in [0, 0.1) is 0 Å². The molecule has 0 saturated carbocycles. The van der Waals surface area contributed by atoms with Crippen molar-refractivity contribution in [2.24, 2.45) is 5.10 Å². The molecule has 0 aliphatic carbocycles. The number of halogens is 2. The van der Waals surface area contributed by atoms with Crippen LogP contribution in [0.15, 0.2) is 23.3 Å². The zero-order chi connectivity index (χ0) is 12.1. The van der Waals surface area contributed by atoms with E-state index in [2.05, 4.69) is 10.5 Å². The first-order valence-corrected chi connectivity index (χ1v) is 5.58. The number of rotatable bonds is 3. The first kappa shape index (κ1) is 13.0. The van der Waals surface area contributed by atoms with Crippen LogP contribution in [0.25, 0.3) is 0 Å². The molecule has 1 rings (SSSR count). The van der Waals surface area contributed by atoms with Gasteiger partial charge in [0, 0.05) is 10.7 Å². The largest absolute Gasteiger partial charge is 0.272 e. The number of hydrogen-bond donors (Lipinski definition) is 1. The molecule has 0 radical (unpaired) electrons. The highest BCUT2D eigenvalue weighted by molar-refractivity contribution is 6.35. The maximum atomic E-state index is 11.7. The summed E-state index contributed by atoms with van der Waals surface area (Å²) in [6.45, 7) is 3.79. The van der Waals surface area contributed by atoms with Gasteiger partial charge in [0.1, 0.15) is 0 Å². The predicted molar refractivity (Wildman–Crippen MR) is 67.3 cm³/mol. The average Bonchev–Trinajstić information content (AvgIpc) is 2.28. The van der Waals surface area contributed by atoms with Gasteiger partial charge in [-0.25, -0.2) is 5.43 Å². The van der Waals surface area contributed by atoms with Crippen molar-refractivity contribution < 1.29 is 4.79 Å². The highest BCUT2D eigenvalue weighted by Gasteiger charge is 2.09. The average molecular weight is 259 g/mol. The molecule has 1 aromatic rings. The number of benzene rings is 1. The Labute approximate surface area is 104 Å². The molecule has 0 spiro atoms. The molecular weight excluding hydrogens is 247 g/mol. The lowest BCUT2D eigenvalue weighted by Gasteiger charge is -2.03. The molecule has 1 aromatic carbocycles. The molecule has 0 aliphatic heterocycles. The van der Waals surface area contributed by atoms with Crippen LogP contribution in [-0.2, 0) is 0 Å². The lowest BCUT2D eigenvalue weighted by Crippen LogP contribution is -2.19. The third kappa shape index (κ3) is 3.51. The second kappa shape index (κ2) is 5.87. The number of hydrogen-bond acceptors (Lipinski definition) is 2. The van der Waals surface area contributed by atoms with E-state index in [0.717, 1.165) is 12.1 Å². The Kier molecular flexibility index (Phi) is 4.77. The van der Waals surface area contributed by atoms with E-state index in [0.29, 0.717) is 15.6 Å². The molecule has 0 saturated heterocycles. The lowest BCUT2D eigenvalue weighted by molar-refractivity contribution is 0.0955. The first-order chi connectivity index (χ1) is 7.54. The van der Waals surface area contributed by atoms with Crippen molar-refractivity contribution in [1.82, 2.24) is 5.43 Å². The van der Waals surface area contributed by atoms with Crippen LogP contribution in [0.3, 0.4) is 0 Å². The predicted octanol–water partition coefficient (Wildman–Crippen LogP) is 3.51. The van der Waals surface area contributed by atoms with Gasteiger partial charge in [0.2, 0.25) is 0 Å². The van der Waals surface area contributed by atoms with Crippen molar-refractivity contribution in [1.29, 1.82) is 0 Å². The minimum absolute atomic E-state index is 0.321. The van der Waals surface area contributed by atoms with E-state index in [4.69, 9.17) is 23.2 Å². The summed E-state index contributed by atoms with van der Waals surface area (Å²) in [6.07, 6.45) is 0.781. The molecule has 0 unspecified atom stereocenters. The summed E-state index contributed by atoms with van der Waals surface area (Å²) in [5.74, 6) is -0.361. The molecule has 3 nitrogen and oxygen atoms in total. The van der Waals surface area contributed by atoms with Crippen molar-refractivity contribution in [3.05, 3.63) is 33.8 Å². The highest BCUT2D eigenvalue weighted by Crippen LogP contribution is 2.20. The van der Waals surface area contributed by atoms with Gasteiger partial charge in [-0.2, -0.15) is 5.10 Å². The van der Waals surface area contributed by atoms with Crippen LogP contribution in [0.4, 0.5) is 0 Å². The number of carbonyl (C=O) groups excluding carboxylic acids is 1. The van der Waals surface area contributed by atoms with Gasteiger partial charge in [-0.3, -0.25) is 4.79 Å². The highest BCUT2D eigenvalue weighted by atomic mass is 35.5. The monoisotopic (exact) mass is 258 g/mol. The van der Waals surface area contributed by atoms with E-state index in [-0.39, 0.29) is 5.91 Å². The summed E-state index contributed by atoms with van der Waals surface area (Å²) >= 11 is 11.6. The molecule has 5 heteroatoms. The Balaban J connectivity index is 2.85. The fraction of sp³-hybridized carbons (Fsp3) is 0.273. The molecule has 0 heterocycles. The van der Waals surface area contributed by atoms with Crippen LogP contribution in [0.1, 0.15) is 30.6 Å². The van der Waals surface area contributed by atoms with E-state index < -0.39 is 0 Å². The molecule has 0 bridgehead atoms. The quantitative estimate of drug-likeness (QED) is 0.655. The van der Waals surface area contributed by atoms with E-state index in [9.17, 15) is 4.79 Å². The van der Waals surface area contributed by atoms with Gasteiger partial charge < -0.3 is 0 Å². The molecule has 1 amide bonds. The molecular formula is C11H12Cl2N2O. The Morgan fingerprint density at radius 2 is 2.12 bits per heavy atom. The molecule has 86 valence electrons. The van der Waals surface area contributed by atoms with Gasteiger partial charge in [-0.15, -0.1) is 0 Å². The Bertz CT molecular complexity index is 430. The Morgan fingerprint density at radius 3 is 2.75 bits per heavy atom. The Morgan fingerprint density at radius 1 is 1.44 bits per heavy atom. The zero-order valence-electron chi connectivity index (χ0n) is 9.05. The van der Waals surface area contributed by atoms with E-state index in [1.807, 2.05) is 13.8 Å². The van der Waals surface area contributed by atoms with Gasteiger partial charge in [0.25, 0.3) is 5.91 Å². The maximum Gasteiger partial charge on any atom is 0.272 e. The third-order valence-electron chi connectivity index (χ3n) is 2.03. The molecule has 16 heavy (non-hydrogen) atoms. The van der Waals surface area contributed by atoms with Crippen LogP contribution in [0.2, 0.25) is 10.0 Å². The molecule has 0 aromatic heterocycles. The van der Waals surface area contributed by atoms with Crippen molar-refractivity contribution in [2.45, 2.75) is 20.3 Å².